The van der Waals surface area contributed by atoms with E-state index in [1.54, 1.807) is 24.3 Å². The molecule has 0 aromatic heterocycles. The molecule has 1 unspecified atom stereocenters. The number of hydrogen-bond acceptors (Lipinski definition) is 3. The molecule has 0 aliphatic heterocycles. The van der Waals surface area contributed by atoms with Gasteiger partial charge in [0.25, 0.3) is 0 Å². The summed E-state index contributed by atoms with van der Waals surface area (Å²) >= 11 is 0.291. The monoisotopic (exact) mass is 338 g/mol. The van der Waals surface area contributed by atoms with E-state index >= 15 is 0 Å². The Morgan fingerprint density at radius 1 is 1.27 bits per heavy atom. The van der Waals surface area contributed by atoms with Crippen molar-refractivity contribution in [3.05, 3.63) is 29.8 Å². The summed E-state index contributed by atoms with van der Waals surface area (Å²) in [6, 6.07) is 4.95. The number of benzene rings is 1. The van der Waals surface area contributed by atoms with E-state index in [0.29, 0.717) is 23.6 Å². The Balaban J connectivity index is 2.62. The maximum atomic E-state index is 13.8. The molecule has 3 nitrogen and oxygen atoms in total. The van der Waals surface area contributed by atoms with Crippen LogP contribution < -0.4 is 11.1 Å². The van der Waals surface area contributed by atoms with Crippen molar-refractivity contribution in [1.82, 2.24) is 5.32 Å². The van der Waals surface area contributed by atoms with Crippen LogP contribution in [0.1, 0.15) is 18.9 Å². The molecule has 1 atom stereocenters. The van der Waals surface area contributed by atoms with Crippen LogP contribution in [0.25, 0.3) is 0 Å². The van der Waals surface area contributed by atoms with Crippen molar-refractivity contribution >= 4 is 17.7 Å². The largest absolute Gasteiger partial charge is 0.368 e. The first kappa shape index (κ1) is 18.8. The second kappa shape index (κ2) is 7.32. The third-order valence-corrected chi connectivity index (χ3v) is 3.70. The molecule has 1 aromatic carbocycles. The summed E-state index contributed by atoms with van der Waals surface area (Å²) in [5, 5.41) is -1.14. The molecule has 0 spiro atoms. The minimum absolute atomic E-state index is 0.291. The average Bonchev–Trinajstić information content (AvgIpc) is 2.35. The van der Waals surface area contributed by atoms with E-state index in [2.05, 4.69) is 5.32 Å². The third kappa shape index (κ3) is 7.13. The number of alkyl halides is 4. The Morgan fingerprint density at radius 2 is 1.82 bits per heavy atom. The Morgan fingerprint density at radius 3 is 2.27 bits per heavy atom. The van der Waals surface area contributed by atoms with E-state index in [1.807, 2.05) is 6.92 Å². The highest BCUT2D eigenvalue weighted by molar-refractivity contribution is 8.00. The van der Waals surface area contributed by atoms with Crippen molar-refractivity contribution in [3.8, 4) is 0 Å². The van der Waals surface area contributed by atoms with E-state index in [1.165, 1.54) is 0 Å². The van der Waals surface area contributed by atoms with Crippen molar-refractivity contribution in [2.24, 2.45) is 5.73 Å². The van der Waals surface area contributed by atoms with Crippen LogP contribution in [0.3, 0.4) is 0 Å². The molecular weight excluding hydrogens is 320 g/mol. The summed E-state index contributed by atoms with van der Waals surface area (Å²) in [6.45, 7) is 1.50. The number of primary amides is 1. The minimum Gasteiger partial charge on any atom is -0.368 e. The molecule has 0 aliphatic rings. The van der Waals surface area contributed by atoms with Crippen LogP contribution in [-0.4, -0.2) is 29.7 Å². The van der Waals surface area contributed by atoms with E-state index in [9.17, 15) is 22.4 Å². The highest BCUT2D eigenvalue weighted by Gasteiger charge is 2.35. The number of thioether (sulfide) groups is 1. The Kier molecular flexibility index (Phi) is 6.25. The van der Waals surface area contributed by atoms with Gasteiger partial charge in [0.2, 0.25) is 11.8 Å². The molecule has 124 valence electrons. The van der Waals surface area contributed by atoms with Gasteiger partial charge in [-0.2, -0.15) is 8.78 Å². The molecule has 0 fully saturated rings. The zero-order valence-electron chi connectivity index (χ0n) is 12.2. The second-order valence-electron chi connectivity index (χ2n) is 5.16. The molecule has 8 heteroatoms. The van der Waals surface area contributed by atoms with Gasteiger partial charge in [-0.3, -0.25) is 10.1 Å². The zero-order chi connectivity index (χ0) is 17.0. The number of rotatable bonds is 8. The predicted octanol–water partition coefficient (Wildman–Crippen LogP) is 3.17. The van der Waals surface area contributed by atoms with Gasteiger partial charge in [0, 0.05) is 11.3 Å². The van der Waals surface area contributed by atoms with Crippen molar-refractivity contribution in [1.29, 1.82) is 0 Å². The summed E-state index contributed by atoms with van der Waals surface area (Å²) in [4.78, 5) is 11.4. The summed E-state index contributed by atoms with van der Waals surface area (Å²) in [5.41, 5.74) is 5.89. The minimum atomic E-state index is -3.26. The summed E-state index contributed by atoms with van der Waals surface area (Å²) in [7, 11) is 0. The standard InChI is InChI=1S/C14H18F4N2OS/c1-9-3-5-10(6-4-9)22-14(17,18)8-20-11(12(19)21)7-13(2,15)16/h3-6,11,20H,7-8H2,1-2H3,(H2,19,21). The van der Waals surface area contributed by atoms with Crippen LogP contribution >= 0.6 is 11.8 Å². The highest BCUT2D eigenvalue weighted by Crippen LogP contribution is 2.35. The molecule has 22 heavy (non-hydrogen) atoms. The first-order valence-corrected chi connectivity index (χ1v) is 7.34. The molecule has 1 aromatic rings. The number of halogens is 4. The van der Waals surface area contributed by atoms with Crippen LogP contribution in [0.2, 0.25) is 0 Å². The maximum Gasteiger partial charge on any atom is 0.310 e. The number of hydrogen-bond donors (Lipinski definition) is 2. The van der Waals surface area contributed by atoms with Gasteiger partial charge in [0.1, 0.15) is 0 Å². The Labute approximate surface area is 130 Å². The number of carbonyl (C=O) groups is 1. The van der Waals surface area contributed by atoms with Gasteiger partial charge in [0.05, 0.1) is 12.6 Å². The van der Waals surface area contributed by atoms with Crippen molar-refractivity contribution in [2.75, 3.05) is 6.54 Å². The molecule has 0 aliphatic carbocycles. The lowest BCUT2D eigenvalue weighted by Crippen LogP contribution is -2.47. The molecule has 0 saturated carbocycles. The van der Waals surface area contributed by atoms with Crippen LogP contribution in [0, 0.1) is 6.92 Å². The number of nitrogens with two attached hydrogens (primary N) is 1. The lowest BCUT2D eigenvalue weighted by molar-refractivity contribution is -0.122. The van der Waals surface area contributed by atoms with Crippen molar-refractivity contribution in [2.45, 2.75) is 42.4 Å². The van der Waals surface area contributed by atoms with E-state index in [-0.39, 0.29) is 0 Å². The van der Waals surface area contributed by atoms with Crippen molar-refractivity contribution < 1.29 is 22.4 Å². The summed E-state index contributed by atoms with van der Waals surface area (Å²) in [5.74, 6) is -4.26. The fourth-order valence-electron chi connectivity index (χ4n) is 1.69. The maximum absolute atomic E-state index is 13.8. The molecule has 0 bridgehead atoms. The first-order chi connectivity index (χ1) is 9.98. The molecule has 0 saturated heterocycles. The van der Waals surface area contributed by atoms with Gasteiger partial charge in [-0.1, -0.05) is 29.5 Å². The second-order valence-corrected chi connectivity index (χ2v) is 6.44. The Hall–Kier alpha value is -1.28. The Bertz CT molecular complexity index is 503. The number of carbonyl (C=O) groups excluding carboxylic acids is 1. The van der Waals surface area contributed by atoms with Crippen molar-refractivity contribution in [3.63, 3.8) is 0 Å². The average molecular weight is 338 g/mol. The number of nitrogens with one attached hydrogen (secondary N) is 1. The smallest absolute Gasteiger partial charge is 0.310 e. The lowest BCUT2D eigenvalue weighted by atomic mass is 10.1. The van der Waals surface area contributed by atoms with Gasteiger partial charge in [-0.15, -0.1) is 0 Å². The van der Waals surface area contributed by atoms with Crippen LogP contribution in [0.15, 0.2) is 29.2 Å². The van der Waals surface area contributed by atoms with Gasteiger partial charge in [-0.05, 0) is 26.0 Å². The SMILES string of the molecule is Cc1ccc(SC(F)(F)CNC(CC(C)(F)F)C(N)=O)cc1. The molecule has 3 N–H and O–H groups in total. The van der Waals surface area contributed by atoms with E-state index in [0.717, 1.165) is 5.56 Å². The quantitative estimate of drug-likeness (QED) is 0.565. The zero-order valence-corrected chi connectivity index (χ0v) is 13.0. The first-order valence-electron chi connectivity index (χ1n) is 6.52. The fraction of sp³-hybridized carbons (Fsp3) is 0.500. The fourth-order valence-corrected chi connectivity index (χ4v) is 2.46. The van der Waals surface area contributed by atoms with Gasteiger partial charge in [-0.25, -0.2) is 8.78 Å². The normalized spacial score (nSPS) is 13.9. The molecular formula is C14H18F4N2OS. The van der Waals surface area contributed by atoms with Gasteiger partial charge >= 0.3 is 5.25 Å². The van der Waals surface area contributed by atoms with Crippen LogP contribution in [-0.2, 0) is 4.79 Å². The molecule has 1 amide bonds. The summed E-state index contributed by atoms with van der Waals surface area (Å²) < 4.78 is 53.4. The van der Waals surface area contributed by atoms with Crippen LogP contribution in [0.4, 0.5) is 17.6 Å². The van der Waals surface area contributed by atoms with E-state index < -0.39 is 36.1 Å². The molecule has 0 radical (unpaired) electrons. The number of aryl methyl sites for hydroxylation is 1. The van der Waals surface area contributed by atoms with E-state index in [4.69, 9.17) is 5.73 Å². The lowest BCUT2D eigenvalue weighted by Gasteiger charge is -2.22. The number of amides is 1. The topological polar surface area (TPSA) is 55.1 Å². The van der Waals surface area contributed by atoms with Gasteiger partial charge < -0.3 is 5.73 Å². The van der Waals surface area contributed by atoms with Crippen LogP contribution in [0.5, 0.6) is 0 Å². The third-order valence-electron chi connectivity index (χ3n) is 2.75. The molecule has 1 rings (SSSR count). The summed E-state index contributed by atoms with van der Waals surface area (Å²) in [6.07, 6.45) is -0.923. The van der Waals surface area contributed by atoms with Gasteiger partial charge in [0.15, 0.2) is 0 Å². The highest BCUT2D eigenvalue weighted by atomic mass is 32.2. The molecule has 0 heterocycles. The predicted molar refractivity (Wildman–Crippen MR) is 78.2 cm³/mol.